The molecule has 2 N–H and O–H groups in total. The van der Waals surface area contributed by atoms with Crippen LogP contribution in [0.5, 0.6) is 0 Å². The van der Waals surface area contributed by atoms with Crippen LogP contribution in [0.1, 0.15) is 25.0 Å². The maximum atomic E-state index is 12.4. The molecule has 1 aromatic heterocycles. The van der Waals surface area contributed by atoms with Crippen molar-refractivity contribution in [2.24, 2.45) is 11.8 Å². The highest BCUT2D eigenvalue weighted by Crippen LogP contribution is 2.34. The second kappa shape index (κ2) is 5.36. The van der Waals surface area contributed by atoms with Gasteiger partial charge in [-0.3, -0.25) is 4.79 Å². The molecule has 3 aliphatic rings. The number of hydrogen-bond donors (Lipinski definition) is 2. The minimum absolute atomic E-state index is 0.105. The number of nitrogens with zero attached hydrogens (tertiary/aromatic N) is 1. The highest BCUT2D eigenvalue weighted by Gasteiger charge is 2.39. The van der Waals surface area contributed by atoms with Crippen molar-refractivity contribution in [1.82, 2.24) is 10.3 Å². The monoisotopic (exact) mass is 371 g/mol. The fraction of sp³-hybridized carbons (Fsp3) is 0.571. The van der Waals surface area contributed by atoms with Crippen molar-refractivity contribution in [2.75, 3.05) is 11.9 Å². The smallest absolute Gasteiger partial charge is 0.230 e. The van der Waals surface area contributed by atoms with Gasteiger partial charge in [0.2, 0.25) is 5.91 Å². The number of hydrogen-bond acceptors (Lipinski definition) is 3. The minimum Gasteiger partial charge on any atom is -0.313 e. The van der Waals surface area contributed by atoms with Crippen LogP contribution in [0.3, 0.4) is 0 Å². The number of amides is 1. The van der Waals surface area contributed by atoms with E-state index in [0.717, 1.165) is 28.7 Å². The number of nitrogens with one attached hydrogen (secondary N) is 2. The van der Waals surface area contributed by atoms with E-state index in [4.69, 9.17) is 0 Å². The van der Waals surface area contributed by atoms with E-state index in [-0.39, 0.29) is 11.8 Å². The molecule has 102 valence electrons. The lowest BCUT2D eigenvalue weighted by molar-refractivity contribution is -0.123. The molecule has 5 heteroatoms. The van der Waals surface area contributed by atoms with E-state index in [1.54, 1.807) is 0 Å². The van der Waals surface area contributed by atoms with Crippen molar-refractivity contribution in [3.63, 3.8) is 0 Å². The molecule has 3 atom stereocenters. The molecule has 3 heterocycles. The number of fused-ring (bicyclic) bond motifs is 3. The van der Waals surface area contributed by atoms with Crippen LogP contribution in [-0.2, 0) is 4.79 Å². The number of aryl methyl sites for hydroxylation is 1. The minimum atomic E-state index is 0.105. The topological polar surface area (TPSA) is 54.0 Å². The van der Waals surface area contributed by atoms with Crippen molar-refractivity contribution in [2.45, 2.75) is 32.2 Å². The number of carbonyl (C=O) groups is 1. The van der Waals surface area contributed by atoms with Crippen molar-refractivity contribution in [3.05, 3.63) is 21.4 Å². The van der Waals surface area contributed by atoms with Gasteiger partial charge in [0.25, 0.3) is 0 Å². The Kier molecular flexibility index (Phi) is 3.75. The Bertz CT molecular complexity index is 497. The standard InChI is InChI=1S/C14H18IN3O/c1-8-11(15)3-5-13(17-8)18-14(19)10-6-9-2-4-12(10)16-7-9/h3,5,9-10,12,16H,2,4,6-7H2,1H3,(H,17,18,19). The van der Waals surface area contributed by atoms with Crippen molar-refractivity contribution < 1.29 is 4.79 Å². The van der Waals surface area contributed by atoms with E-state index in [1.807, 2.05) is 19.1 Å². The molecule has 1 aliphatic carbocycles. The SMILES string of the molecule is Cc1nc(NC(=O)C2CC3CCC2NC3)ccc1I. The van der Waals surface area contributed by atoms with Gasteiger partial charge in [0.1, 0.15) is 5.82 Å². The van der Waals surface area contributed by atoms with Gasteiger partial charge in [-0.2, -0.15) is 0 Å². The van der Waals surface area contributed by atoms with Gasteiger partial charge in [-0.15, -0.1) is 0 Å². The van der Waals surface area contributed by atoms with Gasteiger partial charge in [-0.1, -0.05) is 0 Å². The maximum Gasteiger partial charge on any atom is 0.230 e. The molecular formula is C14H18IN3O. The first-order chi connectivity index (χ1) is 9.13. The lowest BCUT2D eigenvalue weighted by Crippen LogP contribution is -2.53. The number of carbonyl (C=O) groups excluding carboxylic acids is 1. The lowest BCUT2D eigenvalue weighted by Gasteiger charge is -2.42. The van der Waals surface area contributed by atoms with Crippen LogP contribution in [0.25, 0.3) is 0 Å². The van der Waals surface area contributed by atoms with Gasteiger partial charge in [0.05, 0.1) is 11.6 Å². The lowest BCUT2D eigenvalue weighted by atomic mass is 9.73. The fourth-order valence-electron chi connectivity index (χ4n) is 3.13. The Hall–Kier alpha value is -0.690. The molecule has 1 saturated carbocycles. The highest BCUT2D eigenvalue weighted by molar-refractivity contribution is 14.1. The number of anilines is 1. The number of halogens is 1. The zero-order valence-corrected chi connectivity index (χ0v) is 13.1. The highest BCUT2D eigenvalue weighted by atomic mass is 127. The molecule has 4 rings (SSSR count). The Labute approximate surface area is 126 Å². The van der Waals surface area contributed by atoms with Gasteiger partial charge in [0, 0.05) is 9.61 Å². The molecule has 0 spiro atoms. The van der Waals surface area contributed by atoms with Crippen molar-refractivity contribution in [3.8, 4) is 0 Å². The molecule has 3 fully saturated rings. The van der Waals surface area contributed by atoms with Crippen LogP contribution >= 0.6 is 22.6 Å². The van der Waals surface area contributed by atoms with Gasteiger partial charge in [-0.25, -0.2) is 4.98 Å². The van der Waals surface area contributed by atoms with E-state index >= 15 is 0 Å². The summed E-state index contributed by atoms with van der Waals surface area (Å²) < 4.78 is 1.12. The third kappa shape index (κ3) is 2.76. The van der Waals surface area contributed by atoms with E-state index in [9.17, 15) is 4.79 Å². The molecule has 0 aromatic carbocycles. The summed E-state index contributed by atoms with van der Waals surface area (Å²) in [5.41, 5.74) is 0.960. The maximum absolute atomic E-state index is 12.4. The van der Waals surface area contributed by atoms with Crippen LogP contribution in [-0.4, -0.2) is 23.5 Å². The molecule has 1 amide bonds. The molecule has 0 radical (unpaired) electrons. The zero-order valence-electron chi connectivity index (χ0n) is 10.9. The molecular weight excluding hydrogens is 353 g/mol. The van der Waals surface area contributed by atoms with Gasteiger partial charge < -0.3 is 10.6 Å². The normalized spacial score (nSPS) is 29.3. The fourth-order valence-corrected chi connectivity index (χ4v) is 3.43. The Morgan fingerprint density at radius 3 is 2.89 bits per heavy atom. The van der Waals surface area contributed by atoms with Gasteiger partial charge >= 0.3 is 0 Å². The first kappa shape index (κ1) is 13.3. The predicted molar refractivity (Wildman–Crippen MR) is 82.9 cm³/mol. The molecule has 2 saturated heterocycles. The van der Waals surface area contributed by atoms with Crippen LogP contribution in [0.4, 0.5) is 5.82 Å². The Morgan fingerprint density at radius 1 is 1.47 bits per heavy atom. The van der Waals surface area contributed by atoms with Crippen molar-refractivity contribution >= 4 is 34.3 Å². The van der Waals surface area contributed by atoms with Crippen LogP contribution in [0.15, 0.2) is 12.1 Å². The van der Waals surface area contributed by atoms with Crippen LogP contribution in [0.2, 0.25) is 0 Å². The van der Waals surface area contributed by atoms with Crippen LogP contribution < -0.4 is 10.6 Å². The Morgan fingerprint density at radius 2 is 2.32 bits per heavy atom. The summed E-state index contributed by atoms with van der Waals surface area (Å²) in [5.74, 6) is 1.57. The first-order valence-corrected chi connectivity index (χ1v) is 7.89. The summed E-state index contributed by atoms with van der Waals surface area (Å²) in [6.07, 6.45) is 3.41. The van der Waals surface area contributed by atoms with E-state index in [0.29, 0.717) is 17.8 Å². The van der Waals surface area contributed by atoms with Gasteiger partial charge in [-0.05, 0) is 73.4 Å². The number of pyridine rings is 1. The molecule has 19 heavy (non-hydrogen) atoms. The average Bonchev–Trinajstić information content (AvgIpc) is 2.44. The van der Waals surface area contributed by atoms with E-state index in [1.165, 1.54) is 6.42 Å². The molecule has 4 nitrogen and oxygen atoms in total. The average molecular weight is 371 g/mol. The number of aromatic nitrogens is 1. The molecule has 2 aliphatic heterocycles. The molecule has 1 aromatic rings. The summed E-state index contributed by atoms with van der Waals surface area (Å²) >= 11 is 2.25. The summed E-state index contributed by atoms with van der Waals surface area (Å²) in [4.78, 5) is 16.8. The third-order valence-electron chi connectivity index (χ3n) is 4.24. The molecule has 3 unspecified atom stereocenters. The predicted octanol–water partition coefficient (Wildman–Crippen LogP) is 2.32. The summed E-state index contributed by atoms with van der Waals surface area (Å²) in [5, 5.41) is 6.44. The van der Waals surface area contributed by atoms with E-state index < -0.39 is 0 Å². The zero-order chi connectivity index (χ0) is 13.4. The number of rotatable bonds is 2. The quantitative estimate of drug-likeness (QED) is 0.785. The third-order valence-corrected chi connectivity index (χ3v) is 5.38. The Balaban J connectivity index is 1.69. The van der Waals surface area contributed by atoms with E-state index in [2.05, 4.69) is 38.2 Å². The number of piperidine rings is 2. The molecule has 2 bridgehead atoms. The largest absolute Gasteiger partial charge is 0.313 e. The second-order valence-electron chi connectivity index (χ2n) is 5.55. The second-order valence-corrected chi connectivity index (χ2v) is 6.72. The first-order valence-electron chi connectivity index (χ1n) is 6.81. The van der Waals surface area contributed by atoms with Crippen LogP contribution in [0, 0.1) is 22.3 Å². The van der Waals surface area contributed by atoms with Gasteiger partial charge in [0.15, 0.2) is 0 Å². The van der Waals surface area contributed by atoms with Crippen molar-refractivity contribution in [1.29, 1.82) is 0 Å². The summed E-state index contributed by atoms with van der Waals surface area (Å²) in [6, 6.07) is 4.22. The summed E-state index contributed by atoms with van der Waals surface area (Å²) in [6.45, 7) is 3.04. The summed E-state index contributed by atoms with van der Waals surface area (Å²) in [7, 11) is 0.